The average molecular weight is 209 g/mol. The van der Waals surface area contributed by atoms with Gasteiger partial charge in [0.2, 0.25) is 4.96 Å². The van der Waals surface area contributed by atoms with E-state index in [0.717, 1.165) is 29.5 Å². The molecule has 2 aromatic rings. The third-order valence-corrected chi connectivity index (χ3v) is 3.99. The van der Waals surface area contributed by atoms with Crippen molar-refractivity contribution in [2.45, 2.75) is 18.8 Å². The van der Waals surface area contributed by atoms with Crippen LogP contribution in [-0.4, -0.2) is 32.9 Å². The van der Waals surface area contributed by atoms with E-state index in [9.17, 15) is 0 Å². The predicted octanol–water partition coefficient (Wildman–Crippen LogP) is 0.437. The second-order valence-corrected chi connectivity index (χ2v) is 4.91. The van der Waals surface area contributed by atoms with Gasteiger partial charge in [0.15, 0.2) is 0 Å². The molecule has 0 aromatic carbocycles. The molecule has 0 aliphatic carbocycles. The summed E-state index contributed by atoms with van der Waals surface area (Å²) < 4.78 is 1.75. The zero-order valence-corrected chi connectivity index (χ0v) is 8.71. The van der Waals surface area contributed by atoms with Gasteiger partial charge in [-0.05, 0) is 13.0 Å². The summed E-state index contributed by atoms with van der Waals surface area (Å²) in [7, 11) is 0. The molecule has 74 valence electrons. The molecule has 1 aliphatic rings. The summed E-state index contributed by atoms with van der Waals surface area (Å²) in [6, 6.07) is 0. The smallest absolute Gasteiger partial charge is 0.234 e. The van der Waals surface area contributed by atoms with Crippen molar-refractivity contribution in [1.29, 1.82) is 0 Å². The predicted molar refractivity (Wildman–Crippen MR) is 53.5 cm³/mol. The van der Waals surface area contributed by atoms with E-state index in [2.05, 4.69) is 27.5 Å². The van der Waals surface area contributed by atoms with E-state index in [1.807, 2.05) is 0 Å². The van der Waals surface area contributed by atoms with Gasteiger partial charge in [0, 0.05) is 12.0 Å². The number of hydrogen-bond acceptors (Lipinski definition) is 5. The molecule has 1 saturated heterocycles. The highest BCUT2D eigenvalue weighted by Gasteiger charge is 2.34. The first-order valence-electron chi connectivity index (χ1n) is 4.66. The van der Waals surface area contributed by atoms with Crippen LogP contribution in [0.3, 0.4) is 0 Å². The Kier molecular flexibility index (Phi) is 1.63. The minimum absolute atomic E-state index is 0.186. The third-order valence-electron chi connectivity index (χ3n) is 2.77. The van der Waals surface area contributed by atoms with Gasteiger partial charge in [-0.1, -0.05) is 18.3 Å². The molecule has 1 atom stereocenters. The number of nitrogens with zero attached hydrogens (tertiary/aromatic N) is 4. The van der Waals surface area contributed by atoms with Gasteiger partial charge in [-0.25, -0.2) is 0 Å². The minimum atomic E-state index is 0.186. The summed E-state index contributed by atoms with van der Waals surface area (Å²) >= 11 is 1.64. The van der Waals surface area contributed by atoms with Crippen molar-refractivity contribution in [2.75, 3.05) is 13.1 Å². The summed E-state index contributed by atoms with van der Waals surface area (Å²) in [5.41, 5.74) is 0.186. The fraction of sp³-hybridized carbons (Fsp3) is 0.625. The third kappa shape index (κ3) is 1.07. The van der Waals surface area contributed by atoms with Crippen LogP contribution in [0.1, 0.15) is 18.4 Å². The maximum atomic E-state index is 4.50. The van der Waals surface area contributed by atoms with E-state index in [1.54, 1.807) is 22.2 Å². The molecule has 1 aliphatic heterocycles. The van der Waals surface area contributed by atoms with Gasteiger partial charge < -0.3 is 5.32 Å². The zero-order valence-electron chi connectivity index (χ0n) is 7.90. The van der Waals surface area contributed by atoms with Crippen LogP contribution in [0.25, 0.3) is 4.96 Å². The standard InChI is InChI=1S/C8H11N5S/c1-8(2-3-9-4-8)6-12-13-5-10-11-7(13)14-6/h5,9H,2-4H2,1H3. The number of fused-ring (bicyclic) bond motifs is 1. The molecule has 0 amide bonds. The number of aromatic nitrogens is 4. The van der Waals surface area contributed by atoms with E-state index < -0.39 is 0 Å². The Hall–Kier alpha value is -1.01. The molecule has 1 fully saturated rings. The molecule has 3 heterocycles. The number of rotatable bonds is 1. The highest BCUT2D eigenvalue weighted by Crippen LogP contribution is 2.32. The van der Waals surface area contributed by atoms with E-state index in [-0.39, 0.29) is 5.41 Å². The second kappa shape index (κ2) is 2.74. The Morgan fingerprint density at radius 2 is 2.57 bits per heavy atom. The maximum absolute atomic E-state index is 4.50. The molecule has 0 bridgehead atoms. The molecule has 0 spiro atoms. The molecule has 1 unspecified atom stereocenters. The van der Waals surface area contributed by atoms with Crippen molar-refractivity contribution < 1.29 is 0 Å². The first kappa shape index (κ1) is 8.31. The molecule has 6 heteroatoms. The van der Waals surface area contributed by atoms with Crippen LogP contribution in [-0.2, 0) is 5.41 Å². The van der Waals surface area contributed by atoms with E-state index in [0.29, 0.717) is 0 Å². The normalized spacial score (nSPS) is 27.5. The fourth-order valence-corrected chi connectivity index (χ4v) is 2.80. The van der Waals surface area contributed by atoms with Crippen molar-refractivity contribution in [3.63, 3.8) is 0 Å². The lowest BCUT2D eigenvalue weighted by molar-refractivity contribution is 0.513. The van der Waals surface area contributed by atoms with Crippen LogP contribution in [0, 0.1) is 0 Å². The second-order valence-electron chi connectivity index (χ2n) is 3.95. The number of hydrogen-bond donors (Lipinski definition) is 1. The Balaban J connectivity index is 2.08. The van der Waals surface area contributed by atoms with E-state index in [1.165, 1.54) is 0 Å². The van der Waals surface area contributed by atoms with Crippen molar-refractivity contribution in [1.82, 2.24) is 25.1 Å². The molecular weight excluding hydrogens is 198 g/mol. The van der Waals surface area contributed by atoms with Crippen LogP contribution in [0.15, 0.2) is 6.33 Å². The van der Waals surface area contributed by atoms with Crippen molar-refractivity contribution in [3.8, 4) is 0 Å². The maximum Gasteiger partial charge on any atom is 0.234 e. The van der Waals surface area contributed by atoms with Crippen LogP contribution in [0.2, 0.25) is 0 Å². The van der Waals surface area contributed by atoms with Gasteiger partial charge in [-0.2, -0.15) is 9.61 Å². The van der Waals surface area contributed by atoms with Crippen molar-refractivity contribution >= 4 is 16.3 Å². The molecule has 3 rings (SSSR count). The number of nitrogens with one attached hydrogen (secondary N) is 1. The van der Waals surface area contributed by atoms with Gasteiger partial charge in [0.05, 0.1) is 0 Å². The van der Waals surface area contributed by atoms with Crippen LogP contribution in [0.5, 0.6) is 0 Å². The highest BCUT2D eigenvalue weighted by molar-refractivity contribution is 7.16. The molecule has 0 saturated carbocycles. The highest BCUT2D eigenvalue weighted by atomic mass is 32.1. The summed E-state index contributed by atoms with van der Waals surface area (Å²) in [4.78, 5) is 0.883. The van der Waals surface area contributed by atoms with E-state index in [4.69, 9.17) is 0 Å². The van der Waals surface area contributed by atoms with Gasteiger partial charge in [-0.3, -0.25) is 0 Å². The first-order valence-corrected chi connectivity index (χ1v) is 5.48. The molecule has 14 heavy (non-hydrogen) atoms. The summed E-state index contributed by atoms with van der Waals surface area (Å²) in [5.74, 6) is 0. The zero-order chi connectivity index (χ0) is 9.60. The Morgan fingerprint density at radius 3 is 3.29 bits per heavy atom. The van der Waals surface area contributed by atoms with Crippen molar-refractivity contribution in [3.05, 3.63) is 11.3 Å². The van der Waals surface area contributed by atoms with Gasteiger partial charge in [-0.15, -0.1) is 10.2 Å². The first-order chi connectivity index (χ1) is 6.78. The topological polar surface area (TPSA) is 55.1 Å². The molecule has 5 nitrogen and oxygen atoms in total. The molecule has 2 aromatic heterocycles. The Morgan fingerprint density at radius 1 is 1.64 bits per heavy atom. The monoisotopic (exact) mass is 209 g/mol. The van der Waals surface area contributed by atoms with Crippen LogP contribution >= 0.6 is 11.3 Å². The van der Waals surface area contributed by atoms with Crippen LogP contribution in [0.4, 0.5) is 0 Å². The quantitative estimate of drug-likeness (QED) is 0.740. The summed E-state index contributed by atoms with van der Waals surface area (Å²) in [6.07, 6.45) is 2.80. The SMILES string of the molecule is CC1(c2nn3cnnc3s2)CCNC1. The Labute approximate surface area is 85.2 Å². The summed E-state index contributed by atoms with van der Waals surface area (Å²) in [6.45, 7) is 4.34. The van der Waals surface area contributed by atoms with Crippen molar-refractivity contribution in [2.24, 2.45) is 0 Å². The Bertz CT molecular complexity index is 424. The van der Waals surface area contributed by atoms with Gasteiger partial charge >= 0.3 is 0 Å². The largest absolute Gasteiger partial charge is 0.316 e. The van der Waals surface area contributed by atoms with Gasteiger partial charge in [0.25, 0.3) is 0 Å². The molecular formula is C8H11N5S. The summed E-state index contributed by atoms with van der Waals surface area (Å²) in [5, 5.41) is 16.8. The molecule has 0 radical (unpaired) electrons. The molecule has 1 N–H and O–H groups in total. The fourth-order valence-electron chi connectivity index (χ4n) is 1.80. The lowest BCUT2D eigenvalue weighted by Gasteiger charge is -2.17. The minimum Gasteiger partial charge on any atom is -0.316 e. The van der Waals surface area contributed by atoms with E-state index >= 15 is 0 Å². The lowest BCUT2D eigenvalue weighted by atomic mass is 9.91. The lowest BCUT2D eigenvalue weighted by Crippen LogP contribution is -2.24. The average Bonchev–Trinajstić information content (AvgIpc) is 2.75. The van der Waals surface area contributed by atoms with Gasteiger partial charge in [0.1, 0.15) is 11.3 Å². The van der Waals surface area contributed by atoms with Crippen LogP contribution < -0.4 is 5.32 Å².